The molecule has 3 heterocycles. The van der Waals surface area contributed by atoms with Crippen molar-refractivity contribution in [3.8, 4) is 0 Å². The molecule has 1 saturated carbocycles. The number of hydrogen-bond acceptors (Lipinski definition) is 4. The minimum absolute atomic E-state index is 0.536. The van der Waals surface area contributed by atoms with Gasteiger partial charge in [-0.1, -0.05) is 18.2 Å². The lowest BCUT2D eigenvalue weighted by Gasteiger charge is -2.34. The van der Waals surface area contributed by atoms with Crippen molar-refractivity contribution in [1.29, 1.82) is 0 Å². The smallest absolute Gasteiger partial charge is 0.136 e. The summed E-state index contributed by atoms with van der Waals surface area (Å²) in [7, 11) is 0. The van der Waals surface area contributed by atoms with Crippen molar-refractivity contribution >= 4 is 16.6 Å². The number of nitrogens with zero attached hydrogens (tertiary/aromatic N) is 5. The Morgan fingerprint density at radius 2 is 1.88 bits per heavy atom. The predicted molar refractivity (Wildman–Crippen MR) is 99.0 cm³/mol. The second-order valence-electron chi connectivity index (χ2n) is 7.39. The molecule has 2 aliphatic rings. The average Bonchev–Trinajstić information content (AvgIpc) is 3.38. The van der Waals surface area contributed by atoms with Gasteiger partial charge in [-0.05, 0) is 44.2 Å². The molecule has 0 radical (unpaired) electrons. The van der Waals surface area contributed by atoms with E-state index < -0.39 is 0 Å². The molecule has 0 amide bonds. The van der Waals surface area contributed by atoms with Crippen LogP contribution >= 0.6 is 0 Å². The minimum atomic E-state index is 0.536. The van der Waals surface area contributed by atoms with Gasteiger partial charge in [-0.25, -0.2) is 0 Å². The Morgan fingerprint density at radius 3 is 2.68 bits per heavy atom. The molecule has 128 valence electrons. The van der Waals surface area contributed by atoms with Gasteiger partial charge in [-0.15, -0.1) is 10.2 Å². The number of aromatic nitrogens is 4. The van der Waals surface area contributed by atoms with Gasteiger partial charge in [-0.3, -0.25) is 4.98 Å². The summed E-state index contributed by atoms with van der Waals surface area (Å²) >= 11 is 0. The van der Waals surface area contributed by atoms with Gasteiger partial charge in [0.2, 0.25) is 0 Å². The van der Waals surface area contributed by atoms with Crippen molar-refractivity contribution in [2.75, 3.05) is 18.0 Å². The van der Waals surface area contributed by atoms with Gasteiger partial charge in [0.25, 0.3) is 0 Å². The number of aryl methyl sites for hydroxylation is 1. The first-order chi connectivity index (χ1) is 12.3. The van der Waals surface area contributed by atoms with E-state index in [1.165, 1.54) is 35.3 Å². The molecule has 5 nitrogen and oxygen atoms in total. The van der Waals surface area contributed by atoms with E-state index in [1.807, 2.05) is 12.5 Å². The second kappa shape index (κ2) is 5.83. The van der Waals surface area contributed by atoms with Gasteiger partial charge >= 0.3 is 0 Å². The molecule has 0 atom stereocenters. The van der Waals surface area contributed by atoms with Crippen molar-refractivity contribution in [2.24, 2.45) is 0 Å². The summed E-state index contributed by atoms with van der Waals surface area (Å²) in [5, 5.41) is 9.89. The fourth-order valence-corrected chi connectivity index (χ4v) is 4.14. The van der Waals surface area contributed by atoms with Crippen molar-refractivity contribution in [3.63, 3.8) is 0 Å². The summed E-state index contributed by atoms with van der Waals surface area (Å²) in [5.41, 5.74) is 3.68. The highest BCUT2D eigenvalue weighted by Gasteiger charge is 2.31. The molecule has 0 unspecified atom stereocenters. The van der Waals surface area contributed by atoms with E-state index in [-0.39, 0.29) is 0 Å². The molecular weight excluding hydrogens is 310 g/mol. The van der Waals surface area contributed by atoms with Crippen molar-refractivity contribution in [3.05, 3.63) is 48.2 Å². The van der Waals surface area contributed by atoms with E-state index >= 15 is 0 Å². The molecule has 0 spiro atoms. The number of piperidine rings is 1. The molecule has 5 rings (SSSR count). The van der Waals surface area contributed by atoms with Crippen LogP contribution in [0.5, 0.6) is 0 Å². The van der Waals surface area contributed by atoms with Crippen LogP contribution in [0.3, 0.4) is 0 Å². The van der Waals surface area contributed by atoms with Crippen LogP contribution in [0.2, 0.25) is 0 Å². The van der Waals surface area contributed by atoms with Crippen LogP contribution in [0.15, 0.2) is 36.8 Å². The number of fused-ring (bicyclic) bond motifs is 1. The molecule has 25 heavy (non-hydrogen) atoms. The van der Waals surface area contributed by atoms with Crippen LogP contribution in [0.4, 0.5) is 5.69 Å². The number of rotatable bonds is 3. The van der Waals surface area contributed by atoms with E-state index in [0.717, 1.165) is 31.4 Å². The van der Waals surface area contributed by atoms with Crippen LogP contribution in [-0.2, 0) is 0 Å². The third-order valence-electron chi connectivity index (χ3n) is 5.69. The van der Waals surface area contributed by atoms with Gasteiger partial charge in [0.15, 0.2) is 0 Å². The van der Waals surface area contributed by atoms with Gasteiger partial charge < -0.3 is 9.47 Å². The van der Waals surface area contributed by atoms with Crippen LogP contribution in [-0.4, -0.2) is 32.8 Å². The number of benzene rings is 1. The Bertz CT molecular complexity index is 903. The maximum Gasteiger partial charge on any atom is 0.136 e. The third kappa shape index (κ3) is 2.58. The Hall–Kier alpha value is -2.43. The zero-order valence-corrected chi connectivity index (χ0v) is 14.6. The largest absolute Gasteiger partial charge is 0.371 e. The molecule has 1 aliphatic heterocycles. The van der Waals surface area contributed by atoms with Crippen molar-refractivity contribution in [1.82, 2.24) is 19.7 Å². The van der Waals surface area contributed by atoms with Gasteiger partial charge in [-0.2, -0.15) is 0 Å². The molecule has 0 bridgehead atoms. The zero-order chi connectivity index (χ0) is 16.8. The summed E-state index contributed by atoms with van der Waals surface area (Å²) in [4.78, 5) is 7.09. The lowest BCUT2D eigenvalue weighted by atomic mass is 9.95. The zero-order valence-electron chi connectivity index (χ0n) is 14.6. The van der Waals surface area contributed by atoms with Crippen molar-refractivity contribution < 1.29 is 0 Å². The maximum atomic E-state index is 4.58. The summed E-state index contributed by atoms with van der Waals surface area (Å²) < 4.78 is 2.32. The van der Waals surface area contributed by atoms with Crippen LogP contribution in [0, 0.1) is 6.92 Å². The molecule has 2 fully saturated rings. The Labute approximate surface area is 147 Å². The number of pyridine rings is 1. The normalized spacial score (nSPS) is 18.8. The fraction of sp³-hybridized carbons (Fsp3) is 0.450. The topological polar surface area (TPSA) is 46.8 Å². The Morgan fingerprint density at radius 1 is 1.04 bits per heavy atom. The summed E-state index contributed by atoms with van der Waals surface area (Å²) in [6.07, 6.45) is 8.72. The third-order valence-corrected chi connectivity index (χ3v) is 5.69. The molecule has 1 aliphatic carbocycles. The second-order valence-corrected chi connectivity index (χ2v) is 7.39. The van der Waals surface area contributed by atoms with E-state index in [1.54, 1.807) is 0 Å². The average molecular weight is 333 g/mol. The first-order valence-electron chi connectivity index (χ1n) is 9.30. The highest BCUT2D eigenvalue weighted by atomic mass is 15.3. The van der Waals surface area contributed by atoms with E-state index in [4.69, 9.17) is 0 Å². The lowest BCUT2D eigenvalue weighted by molar-refractivity contribution is 0.466. The number of hydrogen-bond donors (Lipinski definition) is 0. The Kier molecular flexibility index (Phi) is 3.47. The highest BCUT2D eigenvalue weighted by Crippen LogP contribution is 2.39. The summed E-state index contributed by atoms with van der Waals surface area (Å²) in [6, 6.07) is 9.29. The number of anilines is 1. The summed E-state index contributed by atoms with van der Waals surface area (Å²) in [6.45, 7) is 4.26. The highest BCUT2D eigenvalue weighted by molar-refractivity contribution is 5.93. The molecular formula is C20H23N5. The van der Waals surface area contributed by atoms with Gasteiger partial charge in [0.05, 0.1) is 5.52 Å². The SMILES string of the molecule is Cc1cccc2c(N3CCC(c4nncn4C4CC4)CC3)ccnc12. The van der Waals surface area contributed by atoms with E-state index in [0.29, 0.717) is 12.0 Å². The molecule has 1 aromatic carbocycles. The van der Waals surface area contributed by atoms with E-state index in [2.05, 4.69) is 55.8 Å². The summed E-state index contributed by atoms with van der Waals surface area (Å²) in [5.74, 6) is 1.74. The van der Waals surface area contributed by atoms with Gasteiger partial charge in [0, 0.05) is 42.3 Å². The predicted octanol–water partition coefficient (Wildman–Crippen LogP) is 3.85. The number of para-hydroxylation sites is 1. The van der Waals surface area contributed by atoms with Gasteiger partial charge in [0.1, 0.15) is 12.2 Å². The van der Waals surface area contributed by atoms with Crippen LogP contribution < -0.4 is 4.90 Å². The standard InChI is InChI=1S/C20H23N5/c1-14-3-2-4-17-18(7-10-21-19(14)17)24-11-8-15(9-12-24)20-23-22-13-25(20)16-5-6-16/h2-4,7,10,13,15-16H,5-6,8-9,11-12H2,1H3. The molecule has 1 saturated heterocycles. The Balaban J connectivity index is 1.38. The molecule has 5 heteroatoms. The minimum Gasteiger partial charge on any atom is -0.371 e. The first kappa shape index (κ1) is 14.9. The quantitative estimate of drug-likeness (QED) is 0.730. The molecule has 3 aromatic rings. The molecule has 2 aromatic heterocycles. The first-order valence-corrected chi connectivity index (χ1v) is 9.30. The monoisotopic (exact) mass is 333 g/mol. The fourth-order valence-electron chi connectivity index (χ4n) is 4.14. The van der Waals surface area contributed by atoms with E-state index in [9.17, 15) is 0 Å². The van der Waals surface area contributed by atoms with Crippen LogP contribution in [0.25, 0.3) is 10.9 Å². The van der Waals surface area contributed by atoms with Crippen LogP contribution in [0.1, 0.15) is 49.0 Å². The molecule has 0 N–H and O–H groups in total. The van der Waals surface area contributed by atoms with Crippen molar-refractivity contribution in [2.45, 2.75) is 44.6 Å². The lowest BCUT2D eigenvalue weighted by Crippen LogP contribution is -2.33. The maximum absolute atomic E-state index is 4.58.